The third kappa shape index (κ3) is 4.86. The number of benzene rings is 1. The smallest absolute Gasteiger partial charge is 0.0417 e. The molecule has 0 aliphatic rings. The SMILES string of the molecule is CCCCC(C)NCc1ccc(Cl)cc1Br. The molecule has 0 amide bonds. The first kappa shape index (κ1) is 14.0. The van der Waals surface area contributed by atoms with E-state index in [9.17, 15) is 0 Å². The van der Waals surface area contributed by atoms with E-state index in [1.54, 1.807) is 0 Å². The van der Waals surface area contributed by atoms with Gasteiger partial charge < -0.3 is 5.32 Å². The lowest BCUT2D eigenvalue weighted by Gasteiger charge is -2.14. The highest BCUT2D eigenvalue weighted by Gasteiger charge is 2.03. The van der Waals surface area contributed by atoms with Crippen LogP contribution in [-0.2, 0) is 6.54 Å². The van der Waals surface area contributed by atoms with Gasteiger partial charge >= 0.3 is 0 Å². The molecule has 0 aliphatic heterocycles. The first-order chi connectivity index (χ1) is 7.63. The molecule has 1 aromatic rings. The van der Waals surface area contributed by atoms with E-state index < -0.39 is 0 Å². The first-order valence-corrected chi connectivity index (χ1v) is 6.98. The van der Waals surface area contributed by atoms with Gasteiger partial charge in [-0.15, -0.1) is 0 Å². The zero-order valence-electron chi connectivity index (χ0n) is 9.89. The standard InChI is InChI=1S/C13H19BrClN/c1-3-4-5-10(2)16-9-11-6-7-12(15)8-13(11)14/h6-8,10,16H,3-5,9H2,1-2H3. The lowest BCUT2D eigenvalue weighted by molar-refractivity contribution is 0.494. The third-order valence-electron chi connectivity index (χ3n) is 2.65. The van der Waals surface area contributed by atoms with Gasteiger partial charge in [-0.05, 0) is 31.0 Å². The predicted octanol–water partition coefficient (Wildman–Crippen LogP) is 4.77. The van der Waals surface area contributed by atoms with Crippen molar-refractivity contribution >= 4 is 27.5 Å². The van der Waals surface area contributed by atoms with Gasteiger partial charge in [0.25, 0.3) is 0 Å². The van der Waals surface area contributed by atoms with Crippen LogP contribution >= 0.6 is 27.5 Å². The van der Waals surface area contributed by atoms with Gasteiger partial charge in [0.05, 0.1) is 0 Å². The van der Waals surface area contributed by atoms with E-state index >= 15 is 0 Å². The zero-order chi connectivity index (χ0) is 12.0. The fraction of sp³-hybridized carbons (Fsp3) is 0.538. The van der Waals surface area contributed by atoms with Crippen molar-refractivity contribution in [3.63, 3.8) is 0 Å². The molecule has 3 heteroatoms. The number of rotatable bonds is 6. The van der Waals surface area contributed by atoms with E-state index in [-0.39, 0.29) is 0 Å². The summed E-state index contributed by atoms with van der Waals surface area (Å²) in [6.45, 7) is 5.35. The Labute approximate surface area is 112 Å². The summed E-state index contributed by atoms with van der Waals surface area (Å²) in [6, 6.07) is 6.50. The molecule has 1 atom stereocenters. The van der Waals surface area contributed by atoms with E-state index in [0.29, 0.717) is 6.04 Å². The average Bonchev–Trinajstić information content (AvgIpc) is 2.25. The highest BCUT2D eigenvalue weighted by molar-refractivity contribution is 9.10. The van der Waals surface area contributed by atoms with Crippen molar-refractivity contribution in [2.45, 2.75) is 45.7 Å². The van der Waals surface area contributed by atoms with Gasteiger partial charge in [0.2, 0.25) is 0 Å². The first-order valence-electron chi connectivity index (χ1n) is 5.80. The minimum Gasteiger partial charge on any atom is -0.310 e. The summed E-state index contributed by atoms with van der Waals surface area (Å²) in [6.07, 6.45) is 3.79. The Bertz CT molecular complexity index is 328. The summed E-state index contributed by atoms with van der Waals surface area (Å²) in [7, 11) is 0. The maximum absolute atomic E-state index is 5.90. The number of unbranched alkanes of at least 4 members (excludes halogenated alkanes) is 1. The second-order valence-corrected chi connectivity index (χ2v) is 5.45. The van der Waals surface area contributed by atoms with Crippen molar-refractivity contribution < 1.29 is 0 Å². The monoisotopic (exact) mass is 303 g/mol. The molecule has 0 saturated heterocycles. The van der Waals surface area contributed by atoms with E-state index in [1.165, 1.54) is 24.8 Å². The Hall–Kier alpha value is -0.0500. The molecular weight excluding hydrogens is 286 g/mol. The van der Waals surface area contributed by atoms with E-state index in [4.69, 9.17) is 11.6 Å². The molecule has 1 nitrogen and oxygen atoms in total. The largest absolute Gasteiger partial charge is 0.310 e. The molecule has 0 aromatic heterocycles. The fourth-order valence-corrected chi connectivity index (χ4v) is 2.38. The van der Waals surface area contributed by atoms with Crippen LogP contribution in [0.4, 0.5) is 0 Å². The Kier molecular flexibility index (Phi) is 6.40. The van der Waals surface area contributed by atoms with Crippen molar-refractivity contribution in [3.05, 3.63) is 33.3 Å². The lowest BCUT2D eigenvalue weighted by Crippen LogP contribution is -2.25. The summed E-state index contributed by atoms with van der Waals surface area (Å²) in [5.74, 6) is 0. The van der Waals surface area contributed by atoms with Crippen LogP contribution in [0.5, 0.6) is 0 Å². The van der Waals surface area contributed by atoms with E-state index in [0.717, 1.165) is 16.0 Å². The van der Waals surface area contributed by atoms with Crippen molar-refractivity contribution in [3.8, 4) is 0 Å². The summed E-state index contributed by atoms with van der Waals surface area (Å²) in [4.78, 5) is 0. The number of nitrogens with one attached hydrogen (secondary N) is 1. The molecule has 90 valence electrons. The van der Waals surface area contributed by atoms with Gasteiger partial charge in [-0.2, -0.15) is 0 Å². The van der Waals surface area contributed by atoms with Crippen LogP contribution in [0.3, 0.4) is 0 Å². The van der Waals surface area contributed by atoms with Crippen LogP contribution in [0.1, 0.15) is 38.7 Å². The molecule has 0 saturated carbocycles. The molecule has 1 aromatic carbocycles. The predicted molar refractivity (Wildman–Crippen MR) is 75.0 cm³/mol. The average molecular weight is 305 g/mol. The second kappa shape index (κ2) is 7.31. The number of halogens is 2. The molecule has 1 N–H and O–H groups in total. The molecule has 0 spiro atoms. The fourth-order valence-electron chi connectivity index (χ4n) is 1.56. The highest BCUT2D eigenvalue weighted by atomic mass is 79.9. The maximum Gasteiger partial charge on any atom is 0.0417 e. The molecule has 1 unspecified atom stereocenters. The molecule has 0 fully saturated rings. The Morgan fingerprint density at radius 3 is 2.81 bits per heavy atom. The summed E-state index contributed by atoms with van der Waals surface area (Å²) >= 11 is 9.42. The molecule has 16 heavy (non-hydrogen) atoms. The number of hydrogen-bond acceptors (Lipinski definition) is 1. The quantitative estimate of drug-likeness (QED) is 0.798. The van der Waals surface area contributed by atoms with Gasteiger partial charge in [-0.25, -0.2) is 0 Å². The zero-order valence-corrected chi connectivity index (χ0v) is 12.2. The molecule has 0 bridgehead atoms. The van der Waals surface area contributed by atoms with Gasteiger partial charge in [0.15, 0.2) is 0 Å². The van der Waals surface area contributed by atoms with Gasteiger partial charge in [-0.3, -0.25) is 0 Å². The highest BCUT2D eigenvalue weighted by Crippen LogP contribution is 2.21. The second-order valence-electron chi connectivity index (χ2n) is 4.16. The minimum atomic E-state index is 0.572. The maximum atomic E-state index is 5.90. The van der Waals surface area contributed by atoms with Gasteiger partial charge in [0.1, 0.15) is 0 Å². The van der Waals surface area contributed by atoms with E-state index in [1.807, 2.05) is 12.1 Å². The summed E-state index contributed by atoms with van der Waals surface area (Å²) in [5.41, 5.74) is 1.26. The Morgan fingerprint density at radius 1 is 1.44 bits per heavy atom. The van der Waals surface area contributed by atoms with Crippen LogP contribution < -0.4 is 5.32 Å². The number of hydrogen-bond donors (Lipinski definition) is 1. The van der Waals surface area contributed by atoms with Crippen molar-refractivity contribution in [2.75, 3.05) is 0 Å². The van der Waals surface area contributed by atoms with Crippen LogP contribution in [-0.4, -0.2) is 6.04 Å². The molecular formula is C13H19BrClN. The van der Waals surface area contributed by atoms with Crippen molar-refractivity contribution in [2.24, 2.45) is 0 Å². The van der Waals surface area contributed by atoms with Crippen LogP contribution in [0, 0.1) is 0 Å². The topological polar surface area (TPSA) is 12.0 Å². The van der Waals surface area contributed by atoms with Gasteiger partial charge in [-0.1, -0.05) is 53.4 Å². The molecule has 0 aliphatic carbocycles. The summed E-state index contributed by atoms with van der Waals surface area (Å²) < 4.78 is 1.08. The lowest BCUT2D eigenvalue weighted by atomic mass is 10.1. The molecule has 0 heterocycles. The third-order valence-corrected chi connectivity index (χ3v) is 3.62. The normalized spacial score (nSPS) is 12.8. The Morgan fingerprint density at radius 2 is 2.19 bits per heavy atom. The van der Waals surface area contributed by atoms with Crippen molar-refractivity contribution in [1.82, 2.24) is 5.32 Å². The molecule has 1 rings (SSSR count). The van der Waals surface area contributed by atoms with Crippen LogP contribution in [0.15, 0.2) is 22.7 Å². The van der Waals surface area contributed by atoms with Crippen LogP contribution in [0.25, 0.3) is 0 Å². The van der Waals surface area contributed by atoms with E-state index in [2.05, 4.69) is 41.2 Å². The van der Waals surface area contributed by atoms with Crippen LogP contribution in [0.2, 0.25) is 5.02 Å². The Balaban J connectivity index is 2.42. The van der Waals surface area contributed by atoms with Crippen molar-refractivity contribution in [1.29, 1.82) is 0 Å². The summed E-state index contributed by atoms with van der Waals surface area (Å²) in [5, 5.41) is 4.29. The van der Waals surface area contributed by atoms with Gasteiger partial charge in [0, 0.05) is 22.1 Å². The molecule has 0 radical (unpaired) electrons. The minimum absolute atomic E-state index is 0.572.